The highest BCUT2D eigenvalue weighted by Crippen LogP contribution is 2.31. The molecule has 0 aliphatic carbocycles. The van der Waals surface area contributed by atoms with E-state index in [0.29, 0.717) is 15.4 Å². The quantitative estimate of drug-likeness (QED) is 0.478. The molecule has 0 radical (unpaired) electrons. The van der Waals surface area contributed by atoms with Crippen molar-refractivity contribution < 1.29 is 9.47 Å². The first-order valence-electron chi connectivity index (χ1n) is 7.62. The van der Waals surface area contributed by atoms with Crippen molar-refractivity contribution in [3.05, 3.63) is 36.4 Å². The Morgan fingerprint density at radius 3 is 1.73 bits per heavy atom. The van der Waals surface area contributed by atoms with Crippen LogP contribution in [0.25, 0.3) is 20.4 Å². The lowest BCUT2D eigenvalue weighted by Crippen LogP contribution is -2.18. The fraction of sp³-hybridized carbons (Fsp3) is 0.118. The standard InChI is InChI=1S/C17H14N4O2S3/c1-22-9-3-5-11-13(7-9)25-16(18-11)20-15(24)21-17-19-12-6-4-10(23-2)8-14(12)26-17/h3-8H,1-2H3,(H2,18,19,20,21,24). The molecule has 9 heteroatoms. The Morgan fingerprint density at radius 1 is 0.846 bits per heavy atom. The first-order valence-corrected chi connectivity index (χ1v) is 9.66. The van der Waals surface area contributed by atoms with Crippen molar-refractivity contribution in [1.29, 1.82) is 0 Å². The summed E-state index contributed by atoms with van der Waals surface area (Å²) in [6.07, 6.45) is 0. The number of nitrogens with zero attached hydrogens (tertiary/aromatic N) is 2. The van der Waals surface area contributed by atoms with Gasteiger partial charge in [0.05, 0.1) is 34.7 Å². The van der Waals surface area contributed by atoms with Gasteiger partial charge < -0.3 is 20.1 Å². The maximum absolute atomic E-state index is 5.39. The van der Waals surface area contributed by atoms with E-state index >= 15 is 0 Å². The number of ether oxygens (including phenoxy) is 2. The molecule has 0 bridgehead atoms. The highest BCUT2D eigenvalue weighted by molar-refractivity contribution is 7.80. The van der Waals surface area contributed by atoms with Gasteiger partial charge in [-0.25, -0.2) is 9.97 Å². The highest BCUT2D eigenvalue weighted by atomic mass is 32.1. The molecule has 26 heavy (non-hydrogen) atoms. The van der Waals surface area contributed by atoms with Crippen molar-refractivity contribution in [1.82, 2.24) is 9.97 Å². The molecule has 0 spiro atoms. The molecule has 0 saturated carbocycles. The largest absolute Gasteiger partial charge is 0.497 e. The monoisotopic (exact) mass is 402 g/mol. The molecule has 0 saturated heterocycles. The Morgan fingerprint density at radius 2 is 1.31 bits per heavy atom. The Hall–Kier alpha value is -2.49. The third-order valence-corrected chi connectivity index (χ3v) is 5.70. The van der Waals surface area contributed by atoms with Gasteiger partial charge in [-0.3, -0.25) is 0 Å². The molecule has 0 amide bonds. The van der Waals surface area contributed by atoms with E-state index < -0.39 is 0 Å². The van der Waals surface area contributed by atoms with Crippen LogP contribution in [-0.4, -0.2) is 29.3 Å². The second-order valence-corrected chi connectivity index (χ2v) is 7.75. The van der Waals surface area contributed by atoms with Gasteiger partial charge in [0, 0.05) is 0 Å². The van der Waals surface area contributed by atoms with Gasteiger partial charge in [0.2, 0.25) is 0 Å². The van der Waals surface area contributed by atoms with Crippen LogP contribution in [0.5, 0.6) is 11.5 Å². The summed E-state index contributed by atoms with van der Waals surface area (Å²) < 4.78 is 12.5. The second-order valence-electron chi connectivity index (χ2n) is 5.28. The topological polar surface area (TPSA) is 68.3 Å². The van der Waals surface area contributed by atoms with Crippen LogP contribution in [0.1, 0.15) is 0 Å². The van der Waals surface area contributed by atoms with Gasteiger partial charge in [-0.2, -0.15) is 0 Å². The normalized spacial score (nSPS) is 10.8. The molecule has 0 fully saturated rings. The van der Waals surface area contributed by atoms with E-state index in [1.807, 2.05) is 36.4 Å². The molecular weight excluding hydrogens is 388 g/mol. The number of nitrogens with one attached hydrogen (secondary N) is 2. The maximum Gasteiger partial charge on any atom is 0.190 e. The first-order chi connectivity index (χ1) is 12.6. The van der Waals surface area contributed by atoms with Crippen molar-refractivity contribution >= 4 is 70.7 Å². The lowest BCUT2D eigenvalue weighted by Gasteiger charge is -2.04. The number of hydrogen-bond acceptors (Lipinski definition) is 7. The minimum absolute atomic E-state index is 0.446. The number of rotatable bonds is 4. The molecule has 0 aliphatic rings. The zero-order valence-corrected chi connectivity index (χ0v) is 16.3. The van der Waals surface area contributed by atoms with Gasteiger partial charge in [-0.1, -0.05) is 22.7 Å². The van der Waals surface area contributed by atoms with Crippen molar-refractivity contribution in [3.8, 4) is 11.5 Å². The minimum Gasteiger partial charge on any atom is -0.497 e. The number of thiazole rings is 2. The maximum atomic E-state index is 5.39. The Kier molecular flexibility index (Phi) is 4.58. The van der Waals surface area contributed by atoms with Gasteiger partial charge in [0.25, 0.3) is 0 Å². The lowest BCUT2D eigenvalue weighted by atomic mass is 10.3. The van der Waals surface area contributed by atoms with Crippen LogP contribution < -0.4 is 20.1 Å². The molecule has 2 aromatic heterocycles. The predicted octanol–water partition coefficient (Wildman–Crippen LogP) is 4.73. The molecule has 0 atom stereocenters. The summed E-state index contributed by atoms with van der Waals surface area (Å²) in [6, 6.07) is 11.5. The minimum atomic E-state index is 0.446. The van der Waals surface area contributed by atoms with E-state index in [0.717, 1.165) is 31.9 Å². The molecule has 2 heterocycles. The smallest absolute Gasteiger partial charge is 0.190 e. The van der Waals surface area contributed by atoms with E-state index in [1.54, 1.807) is 14.2 Å². The van der Waals surface area contributed by atoms with E-state index in [-0.39, 0.29) is 0 Å². The molecule has 0 unspecified atom stereocenters. The summed E-state index contributed by atoms with van der Waals surface area (Å²) in [4.78, 5) is 9.05. The lowest BCUT2D eigenvalue weighted by molar-refractivity contribution is 0.415. The average Bonchev–Trinajstić information content (AvgIpc) is 3.22. The third kappa shape index (κ3) is 3.41. The first kappa shape index (κ1) is 17.0. The van der Waals surface area contributed by atoms with Crippen LogP contribution in [0.3, 0.4) is 0 Å². The summed E-state index contributed by atoms with van der Waals surface area (Å²) in [5.74, 6) is 1.61. The van der Waals surface area contributed by atoms with Crippen molar-refractivity contribution in [2.24, 2.45) is 0 Å². The van der Waals surface area contributed by atoms with Crippen LogP contribution in [-0.2, 0) is 0 Å². The second kappa shape index (κ2) is 7.02. The van der Waals surface area contributed by atoms with Gasteiger partial charge in [-0.05, 0) is 48.6 Å². The van der Waals surface area contributed by atoms with Crippen LogP contribution in [0, 0.1) is 0 Å². The van der Waals surface area contributed by atoms with Crippen molar-refractivity contribution in [3.63, 3.8) is 0 Å². The predicted molar refractivity (Wildman–Crippen MR) is 112 cm³/mol. The van der Waals surface area contributed by atoms with Gasteiger partial charge in [-0.15, -0.1) is 0 Å². The summed E-state index contributed by atoms with van der Waals surface area (Å²) in [6.45, 7) is 0. The van der Waals surface area contributed by atoms with Crippen LogP contribution in [0.4, 0.5) is 10.3 Å². The number of fused-ring (bicyclic) bond motifs is 2. The zero-order chi connectivity index (χ0) is 18.1. The summed E-state index contributed by atoms with van der Waals surface area (Å²) in [5.41, 5.74) is 1.79. The summed E-state index contributed by atoms with van der Waals surface area (Å²) >= 11 is 8.41. The SMILES string of the molecule is COc1ccc2nc(NC(=S)Nc3nc4ccc(OC)cc4s3)sc2c1. The number of methoxy groups -OCH3 is 2. The van der Waals surface area contributed by atoms with E-state index in [9.17, 15) is 0 Å². The molecule has 4 aromatic rings. The molecular formula is C17H14N4O2S3. The van der Waals surface area contributed by atoms with Crippen LogP contribution >= 0.6 is 34.9 Å². The zero-order valence-electron chi connectivity index (χ0n) is 13.9. The van der Waals surface area contributed by atoms with Crippen LogP contribution in [0.2, 0.25) is 0 Å². The molecule has 2 aromatic carbocycles. The average molecular weight is 403 g/mol. The number of benzene rings is 2. The van der Waals surface area contributed by atoms with Crippen LogP contribution in [0.15, 0.2) is 36.4 Å². The number of anilines is 2. The number of hydrogen-bond donors (Lipinski definition) is 2. The Balaban J connectivity index is 1.50. The summed E-state index contributed by atoms with van der Waals surface area (Å²) in [5, 5.41) is 8.11. The number of aromatic nitrogens is 2. The molecule has 4 rings (SSSR count). The summed E-state index contributed by atoms with van der Waals surface area (Å²) in [7, 11) is 3.29. The van der Waals surface area contributed by atoms with Gasteiger partial charge in [0.1, 0.15) is 11.5 Å². The van der Waals surface area contributed by atoms with E-state index in [2.05, 4.69) is 20.6 Å². The van der Waals surface area contributed by atoms with Crippen molar-refractivity contribution in [2.45, 2.75) is 0 Å². The van der Waals surface area contributed by atoms with E-state index in [1.165, 1.54) is 22.7 Å². The number of thiocarbonyl (C=S) groups is 1. The Bertz CT molecular complexity index is 1020. The molecule has 6 nitrogen and oxygen atoms in total. The molecule has 132 valence electrons. The third-order valence-electron chi connectivity index (χ3n) is 3.63. The molecule has 2 N–H and O–H groups in total. The fourth-order valence-corrected chi connectivity index (χ4v) is 4.52. The van der Waals surface area contributed by atoms with Crippen molar-refractivity contribution in [2.75, 3.05) is 24.9 Å². The molecule has 0 aliphatic heterocycles. The fourth-order valence-electron chi connectivity index (χ4n) is 2.40. The van der Waals surface area contributed by atoms with Gasteiger partial charge >= 0.3 is 0 Å². The van der Waals surface area contributed by atoms with Gasteiger partial charge in [0.15, 0.2) is 15.4 Å². The highest BCUT2D eigenvalue weighted by Gasteiger charge is 2.09. The Labute approximate surface area is 162 Å². The van der Waals surface area contributed by atoms with E-state index in [4.69, 9.17) is 21.7 Å².